The van der Waals surface area contributed by atoms with Gasteiger partial charge in [-0.1, -0.05) is 6.07 Å². The Hall–Kier alpha value is -2.49. The molecule has 0 radical (unpaired) electrons. The van der Waals surface area contributed by atoms with Crippen LogP contribution in [0.4, 0.5) is 11.4 Å². The summed E-state index contributed by atoms with van der Waals surface area (Å²) in [6.07, 6.45) is 2.84. The lowest BCUT2D eigenvalue weighted by Crippen LogP contribution is -2.18. The Morgan fingerprint density at radius 2 is 2.00 bits per heavy atom. The quantitative estimate of drug-likeness (QED) is 0.472. The molecule has 8 nitrogen and oxygen atoms in total. The Bertz CT molecular complexity index is 776. The molecule has 1 aromatic carbocycles. The largest absolute Gasteiger partial charge is 0.322 e. The predicted molar refractivity (Wildman–Crippen MR) is 77.8 cm³/mol. The topological polar surface area (TPSA) is 140 Å². The van der Waals surface area contributed by atoms with Crippen LogP contribution in [0.5, 0.6) is 0 Å². The van der Waals surface area contributed by atoms with Gasteiger partial charge < -0.3 is 10.7 Å². The van der Waals surface area contributed by atoms with Crippen LogP contribution in [-0.4, -0.2) is 19.3 Å². The van der Waals surface area contributed by atoms with Crippen molar-refractivity contribution in [1.29, 1.82) is 0 Å². The van der Waals surface area contributed by atoms with Gasteiger partial charge in [-0.25, -0.2) is 13.6 Å². The van der Waals surface area contributed by atoms with Crippen LogP contribution in [0.2, 0.25) is 0 Å². The number of primary sulfonamides is 1. The molecular formula is C12H13N5O3S. The fraction of sp³-hybridized carbons (Fsp3) is 0. The van der Waals surface area contributed by atoms with E-state index in [0.29, 0.717) is 11.4 Å². The summed E-state index contributed by atoms with van der Waals surface area (Å²) in [5.41, 5.74) is 3.27. The van der Waals surface area contributed by atoms with Crippen LogP contribution < -0.4 is 21.7 Å². The molecule has 1 heterocycles. The van der Waals surface area contributed by atoms with Gasteiger partial charge in [0.1, 0.15) is 0 Å². The summed E-state index contributed by atoms with van der Waals surface area (Å²) in [7, 11) is -3.83. The van der Waals surface area contributed by atoms with Crippen LogP contribution in [0.15, 0.2) is 47.6 Å². The number of nitrogen functional groups attached to an aromatic ring is 1. The number of benzene rings is 1. The van der Waals surface area contributed by atoms with E-state index in [4.69, 9.17) is 11.0 Å². The number of hydrazine groups is 1. The van der Waals surface area contributed by atoms with Crippen LogP contribution in [0.3, 0.4) is 0 Å². The molecule has 110 valence electrons. The highest BCUT2D eigenvalue weighted by molar-refractivity contribution is 7.89. The minimum atomic E-state index is -3.83. The predicted octanol–water partition coefficient (Wildman–Crippen LogP) is 0.267. The van der Waals surface area contributed by atoms with Gasteiger partial charge in [0.15, 0.2) is 0 Å². The second-order valence-electron chi connectivity index (χ2n) is 4.09. The van der Waals surface area contributed by atoms with Crippen LogP contribution in [0, 0.1) is 0 Å². The zero-order valence-corrected chi connectivity index (χ0v) is 11.6. The maximum atomic E-state index is 12.1. The van der Waals surface area contributed by atoms with Crippen molar-refractivity contribution in [2.24, 2.45) is 11.0 Å². The summed E-state index contributed by atoms with van der Waals surface area (Å²) in [6, 6.07) is 7.11. The number of carbonyl (C=O) groups is 1. The van der Waals surface area contributed by atoms with Crippen molar-refractivity contribution in [3.05, 3.63) is 48.3 Å². The summed E-state index contributed by atoms with van der Waals surface area (Å²) in [5, 5.41) is 7.60. The van der Waals surface area contributed by atoms with E-state index in [1.165, 1.54) is 36.7 Å². The molecule has 2 aromatic rings. The molecule has 0 aliphatic carbocycles. The zero-order valence-electron chi connectivity index (χ0n) is 10.8. The summed E-state index contributed by atoms with van der Waals surface area (Å²) in [6.45, 7) is 0. The monoisotopic (exact) mass is 307 g/mol. The van der Waals surface area contributed by atoms with E-state index in [1.54, 1.807) is 6.07 Å². The van der Waals surface area contributed by atoms with Crippen LogP contribution in [0.1, 0.15) is 10.4 Å². The van der Waals surface area contributed by atoms with Crippen molar-refractivity contribution in [3.8, 4) is 0 Å². The van der Waals surface area contributed by atoms with Gasteiger partial charge in [0.05, 0.1) is 22.3 Å². The number of nitrogens with one attached hydrogen (secondary N) is 2. The maximum Gasteiger partial charge on any atom is 0.257 e. The van der Waals surface area contributed by atoms with Gasteiger partial charge in [-0.15, -0.1) is 0 Å². The lowest BCUT2D eigenvalue weighted by atomic mass is 10.2. The number of amides is 1. The van der Waals surface area contributed by atoms with Crippen molar-refractivity contribution < 1.29 is 13.2 Å². The second kappa shape index (κ2) is 5.87. The number of nitrogens with two attached hydrogens (primary N) is 2. The third-order valence-corrected chi connectivity index (χ3v) is 3.55. The molecule has 1 amide bonds. The van der Waals surface area contributed by atoms with Crippen LogP contribution in [0.25, 0.3) is 0 Å². The van der Waals surface area contributed by atoms with E-state index < -0.39 is 15.9 Å². The van der Waals surface area contributed by atoms with Gasteiger partial charge in [0.25, 0.3) is 5.91 Å². The first-order chi connectivity index (χ1) is 9.91. The molecule has 6 N–H and O–H groups in total. The fourth-order valence-electron chi connectivity index (χ4n) is 1.66. The van der Waals surface area contributed by atoms with Gasteiger partial charge in [-0.2, -0.15) is 0 Å². The van der Waals surface area contributed by atoms with Crippen LogP contribution >= 0.6 is 0 Å². The molecule has 1 aromatic heterocycles. The third-order valence-electron chi connectivity index (χ3n) is 2.64. The molecule has 0 unspecified atom stereocenters. The average molecular weight is 307 g/mol. The third kappa shape index (κ3) is 3.54. The first-order valence-electron chi connectivity index (χ1n) is 5.76. The van der Waals surface area contributed by atoms with Gasteiger partial charge in [0.2, 0.25) is 10.0 Å². The van der Waals surface area contributed by atoms with Crippen molar-refractivity contribution in [2.75, 3.05) is 10.7 Å². The first-order valence-corrected chi connectivity index (χ1v) is 7.31. The van der Waals surface area contributed by atoms with E-state index in [1.807, 2.05) is 0 Å². The minimum absolute atomic E-state index is 0.0906. The molecular weight excluding hydrogens is 294 g/mol. The summed E-state index contributed by atoms with van der Waals surface area (Å²) >= 11 is 0. The lowest BCUT2D eigenvalue weighted by molar-refractivity contribution is 0.102. The Kier molecular flexibility index (Phi) is 4.17. The zero-order chi connectivity index (χ0) is 15.5. The Balaban J connectivity index is 2.28. The van der Waals surface area contributed by atoms with Gasteiger partial charge in [-0.05, 0) is 24.3 Å². The lowest BCUT2D eigenvalue weighted by Gasteiger charge is -2.09. The van der Waals surface area contributed by atoms with Crippen LogP contribution in [-0.2, 0) is 10.0 Å². The fourth-order valence-corrected chi connectivity index (χ4v) is 2.22. The number of aromatic nitrogens is 1. The SMILES string of the molecule is NNc1cnccc1C(=O)Nc1cccc(S(N)(=O)=O)c1. The molecule has 0 saturated carbocycles. The Morgan fingerprint density at radius 3 is 2.67 bits per heavy atom. The highest BCUT2D eigenvalue weighted by Gasteiger charge is 2.13. The summed E-state index contributed by atoms with van der Waals surface area (Å²) < 4.78 is 22.5. The molecule has 0 fully saturated rings. The number of pyridine rings is 1. The minimum Gasteiger partial charge on any atom is -0.322 e. The van der Waals surface area contributed by atoms with Crippen molar-refractivity contribution in [2.45, 2.75) is 4.90 Å². The first kappa shape index (κ1) is 14.9. The molecule has 21 heavy (non-hydrogen) atoms. The van der Waals surface area contributed by atoms with E-state index in [0.717, 1.165) is 0 Å². The highest BCUT2D eigenvalue weighted by atomic mass is 32.2. The number of nitrogens with zero attached hydrogens (tertiary/aromatic N) is 1. The maximum absolute atomic E-state index is 12.1. The van der Waals surface area contributed by atoms with E-state index in [-0.39, 0.29) is 10.5 Å². The standard InChI is InChI=1S/C12H13N5O3S/c13-17-11-7-15-5-4-10(11)12(18)16-8-2-1-3-9(6-8)21(14,19)20/h1-7,17H,13H2,(H,16,18)(H2,14,19,20). The van der Waals surface area contributed by atoms with Crippen molar-refractivity contribution in [1.82, 2.24) is 4.98 Å². The Morgan fingerprint density at radius 1 is 1.24 bits per heavy atom. The molecule has 0 aliphatic rings. The van der Waals surface area contributed by atoms with Gasteiger partial charge in [-0.3, -0.25) is 15.6 Å². The number of carbonyl (C=O) groups excluding carboxylic acids is 1. The average Bonchev–Trinajstić information content (AvgIpc) is 2.46. The van der Waals surface area contributed by atoms with E-state index in [9.17, 15) is 13.2 Å². The van der Waals surface area contributed by atoms with Gasteiger partial charge >= 0.3 is 0 Å². The molecule has 0 spiro atoms. The van der Waals surface area contributed by atoms with Crippen molar-refractivity contribution >= 4 is 27.3 Å². The molecule has 2 rings (SSSR count). The highest BCUT2D eigenvalue weighted by Crippen LogP contribution is 2.17. The molecule has 0 atom stereocenters. The normalized spacial score (nSPS) is 11.0. The smallest absolute Gasteiger partial charge is 0.257 e. The number of rotatable bonds is 4. The summed E-state index contributed by atoms with van der Waals surface area (Å²) in [4.78, 5) is 15.9. The van der Waals surface area contributed by atoms with E-state index >= 15 is 0 Å². The molecule has 0 saturated heterocycles. The van der Waals surface area contributed by atoms with E-state index in [2.05, 4.69) is 15.7 Å². The van der Waals surface area contributed by atoms with Gasteiger partial charge in [0, 0.05) is 11.9 Å². The Labute approximate surface area is 121 Å². The number of anilines is 2. The number of sulfonamides is 1. The number of hydrogen-bond acceptors (Lipinski definition) is 6. The van der Waals surface area contributed by atoms with Crippen molar-refractivity contribution in [3.63, 3.8) is 0 Å². The summed E-state index contributed by atoms with van der Waals surface area (Å²) in [5.74, 6) is 4.84. The molecule has 0 bridgehead atoms. The number of hydrogen-bond donors (Lipinski definition) is 4. The molecule has 9 heteroatoms. The second-order valence-corrected chi connectivity index (χ2v) is 5.65. The molecule has 0 aliphatic heterocycles.